The summed E-state index contributed by atoms with van der Waals surface area (Å²) in [4.78, 5) is 0.493. The molecule has 1 rings (SSSR count). The Bertz CT molecular complexity index is 388. The number of hydrogen-bond donors (Lipinski definition) is 1. The summed E-state index contributed by atoms with van der Waals surface area (Å²) in [6.45, 7) is 9.53. The molecule has 0 aliphatic rings. The van der Waals surface area contributed by atoms with Gasteiger partial charge in [-0.2, -0.15) is 0 Å². The van der Waals surface area contributed by atoms with Crippen molar-refractivity contribution in [1.29, 1.82) is 0 Å². The van der Waals surface area contributed by atoms with Crippen LogP contribution in [0, 0.1) is 0 Å². The van der Waals surface area contributed by atoms with Crippen molar-refractivity contribution in [3.8, 4) is 0 Å². The third-order valence-corrected chi connectivity index (χ3v) is 8.99. The summed E-state index contributed by atoms with van der Waals surface area (Å²) in [5.41, 5.74) is 0. The van der Waals surface area contributed by atoms with E-state index in [1.165, 1.54) is 42.6 Å². The van der Waals surface area contributed by atoms with Crippen LogP contribution in [0.5, 0.6) is 0 Å². The van der Waals surface area contributed by atoms with Gasteiger partial charge in [0.2, 0.25) is 0 Å². The molecule has 0 saturated heterocycles. The Hall–Kier alpha value is -0.0836. The summed E-state index contributed by atoms with van der Waals surface area (Å²) in [5.74, 6) is 0. The van der Waals surface area contributed by atoms with E-state index in [1.807, 2.05) is 0 Å². The fourth-order valence-corrected chi connectivity index (χ4v) is 9.92. The molecular weight excluding hydrogens is 351 g/mol. The second-order valence-electron chi connectivity index (χ2n) is 7.50. The van der Waals surface area contributed by atoms with Crippen molar-refractivity contribution < 1.29 is 5.11 Å². The monoisotopic (exact) mass is 386 g/mol. The molecular formula is C19H34OSeSi. The third-order valence-electron chi connectivity index (χ3n) is 3.88. The zero-order valence-corrected chi connectivity index (χ0v) is 17.6. The molecule has 0 fully saturated rings. The van der Waals surface area contributed by atoms with Crippen LogP contribution in [-0.4, -0.2) is 34.2 Å². The second-order valence-corrected chi connectivity index (χ2v) is 15.8. The van der Waals surface area contributed by atoms with Crippen LogP contribution in [0.15, 0.2) is 30.3 Å². The number of benzene rings is 1. The Kier molecular flexibility index (Phi) is 9.66. The fourth-order valence-electron chi connectivity index (χ4n) is 2.68. The summed E-state index contributed by atoms with van der Waals surface area (Å²) in [7, 11) is -1.14. The molecule has 0 radical (unpaired) electrons. The van der Waals surface area contributed by atoms with E-state index in [2.05, 4.69) is 56.9 Å². The van der Waals surface area contributed by atoms with Gasteiger partial charge in [-0.25, -0.2) is 0 Å². The van der Waals surface area contributed by atoms with Crippen LogP contribution >= 0.6 is 0 Å². The van der Waals surface area contributed by atoms with E-state index in [4.69, 9.17) is 0 Å². The molecule has 1 aromatic carbocycles. The zero-order valence-electron chi connectivity index (χ0n) is 14.8. The van der Waals surface area contributed by atoms with Crippen molar-refractivity contribution in [3.05, 3.63) is 30.3 Å². The van der Waals surface area contributed by atoms with Gasteiger partial charge in [0.25, 0.3) is 0 Å². The molecule has 22 heavy (non-hydrogen) atoms. The summed E-state index contributed by atoms with van der Waals surface area (Å²) in [6.07, 6.45) is 7.31. The van der Waals surface area contributed by atoms with Gasteiger partial charge in [-0.1, -0.05) is 0 Å². The van der Waals surface area contributed by atoms with Gasteiger partial charge in [0.15, 0.2) is 0 Å². The van der Waals surface area contributed by atoms with Crippen LogP contribution in [0.25, 0.3) is 0 Å². The van der Waals surface area contributed by atoms with Crippen LogP contribution in [-0.2, 0) is 0 Å². The van der Waals surface area contributed by atoms with E-state index in [0.29, 0.717) is 19.8 Å². The molecule has 0 aliphatic carbocycles. The first-order chi connectivity index (χ1) is 10.4. The van der Waals surface area contributed by atoms with Crippen LogP contribution in [0.1, 0.15) is 45.4 Å². The number of hydrogen-bond acceptors (Lipinski definition) is 1. The average Bonchev–Trinajstić information content (AvgIpc) is 2.46. The van der Waals surface area contributed by atoms with Crippen molar-refractivity contribution in [1.82, 2.24) is 0 Å². The van der Waals surface area contributed by atoms with E-state index in [1.54, 1.807) is 0 Å². The SMILES string of the molecule is CCCCCCC[C@@H](O)[C@H](C[Si](C)(C)C)[Se]c1ccccc1. The Balaban J connectivity index is 2.53. The van der Waals surface area contributed by atoms with Gasteiger partial charge in [-0.05, 0) is 0 Å². The molecule has 0 unspecified atom stereocenters. The van der Waals surface area contributed by atoms with E-state index < -0.39 is 8.07 Å². The molecule has 1 nitrogen and oxygen atoms in total. The fraction of sp³-hybridized carbons (Fsp3) is 0.684. The first-order valence-corrected chi connectivity index (χ1v) is 14.4. The van der Waals surface area contributed by atoms with Gasteiger partial charge >= 0.3 is 145 Å². The van der Waals surface area contributed by atoms with Gasteiger partial charge in [0.1, 0.15) is 0 Å². The number of aliphatic hydroxyl groups excluding tert-OH is 1. The molecule has 1 aromatic rings. The predicted octanol–water partition coefficient (Wildman–Crippen LogP) is 4.86. The Morgan fingerprint density at radius 3 is 2.23 bits per heavy atom. The summed E-state index contributed by atoms with van der Waals surface area (Å²) < 4.78 is 1.43. The maximum atomic E-state index is 10.7. The molecule has 0 saturated carbocycles. The first kappa shape index (κ1) is 20.0. The maximum absolute atomic E-state index is 10.7. The molecule has 0 spiro atoms. The minimum atomic E-state index is -1.14. The van der Waals surface area contributed by atoms with Crippen LogP contribution in [0.4, 0.5) is 0 Å². The van der Waals surface area contributed by atoms with Crippen molar-refractivity contribution in [2.45, 2.75) is 82.1 Å². The number of aliphatic hydroxyl groups is 1. The minimum absolute atomic E-state index is 0.103. The quantitative estimate of drug-likeness (QED) is 0.426. The Morgan fingerprint density at radius 1 is 1.00 bits per heavy atom. The molecule has 126 valence electrons. The van der Waals surface area contributed by atoms with Crippen molar-refractivity contribution in [3.63, 3.8) is 0 Å². The summed E-state index contributed by atoms with van der Waals surface area (Å²) in [5, 5.41) is 10.7. The standard InChI is InChI=1S/C19H34OSeSi/c1-5-6-7-8-12-15-18(20)19(16-22(2,3)4)21-17-13-10-9-11-14-17/h9-11,13-14,18-20H,5-8,12,15-16H2,1-4H3/t18-,19+/m1/s1. The van der Waals surface area contributed by atoms with E-state index in [9.17, 15) is 5.11 Å². The molecule has 1 N–H and O–H groups in total. The topological polar surface area (TPSA) is 20.2 Å². The molecule has 0 amide bonds. The zero-order chi connectivity index (χ0) is 16.4. The second kappa shape index (κ2) is 10.6. The van der Waals surface area contributed by atoms with E-state index >= 15 is 0 Å². The first-order valence-electron chi connectivity index (χ1n) is 8.82. The molecule has 0 aliphatic heterocycles. The van der Waals surface area contributed by atoms with E-state index in [0.717, 1.165) is 6.42 Å². The predicted molar refractivity (Wildman–Crippen MR) is 103 cm³/mol. The Labute approximate surface area is 145 Å². The van der Waals surface area contributed by atoms with E-state index in [-0.39, 0.29) is 6.10 Å². The van der Waals surface area contributed by atoms with Crippen molar-refractivity contribution >= 4 is 27.5 Å². The van der Waals surface area contributed by atoms with Gasteiger partial charge in [-0.15, -0.1) is 0 Å². The average molecular weight is 386 g/mol. The molecule has 0 bridgehead atoms. The van der Waals surface area contributed by atoms with Gasteiger partial charge < -0.3 is 0 Å². The molecule has 3 heteroatoms. The molecule has 2 atom stereocenters. The Morgan fingerprint density at radius 2 is 1.64 bits per heavy atom. The summed E-state index contributed by atoms with van der Waals surface area (Å²) in [6, 6.07) is 12.0. The normalized spacial score (nSPS) is 14.8. The van der Waals surface area contributed by atoms with Crippen molar-refractivity contribution in [2.75, 3.05) is 0 Å². The third kappa shape index (κ3) is 9.14. The van der Waals surface area contributed by atoms with Gasteiger partial charge in [-0.3, -0.25) is 0 Å². The van der Waals surface area contributed by atoms with Crippen LogP contribution in [0.2, 0.25) is 30.5 Å². The van der Waals surface area contributed by atoms with Crippen LogP contribution in [0.3, 0.4) is 0 Å². The van der Waals surface area contributed by atoms with Gasteiger partial charge in [0.05, 0.1) is 0 Å². The molecule has 0 aromatic heterocycles. The van der Waals surface area contributed by atoms with Crippen molar-refractivity contribution in [2.24, 2.45) is 0 Å². The number of rotatable bonds is 11. The molecule has 0 heterocycles. The number of unbranched alkanes of at least 4 members (excludes halogenated alkanes) is 4. The van der Waals surface area contributed by atoms with Gasteiger partial charge in [0, 0.05) is 0 Å². The van der Waals surface area contributed by atoms with Crippen LogP contribution < -0.4 is 4.46 Å². The summed E-state index contributed by atoms with van der Waals surface area (Å²) >= 11 is 0.393.